The topological polar surface area (TPSA) is 132 Å². The summed E-state index contributed by atoms with van der Waals surface area (Å²) < 4.78 is 0. The molecule has 0 saturated carbocycles. The van der Waals surface area contributed by atoms with Crippen LogP contribution in [0.15, 0.2) is 11.3 Å². The van der Waals surface area contributed by atoms with E-state index >= 15 is 0 Å². The van der Waals surface area contributed by atoms with Crippen molar-refractivity contribution in [3.05, 3.63) is 17.0 Å². The summed E-state index contributed by atoms with van der Waals surface area (Å²) in [6, 6.07) is 0. The Morgan fingerprint density at radius 1 is 1.61 bits per heavy atom. The van der Waals surface area contributed by atoms with E-state index < -0.39 is 5.97 Å². The number of carbonyl (C=O) groups is 1. The van der Waals surface area contributed by atoms with Crippen molar-refractivity contribution in [2.75, 3.05) is 19.0 Å². The van der Waals surface area contributed by atoms with Gasteiger partial charge in [0.05, 0.1) is 6.20 Å². The third kappa shape index (κ3) is 3.35. The van der Waals surface area contributed by atoms with Gasteiger partial charge in [0.2, 0.25) is 5.96 Å². The molecule has 0 fully saturated rings. The Morgan fingerprint density at radius 3 is 2.78 bits per heavy atom. The molecule has 0 aliphatic carbocycles. The molecule has 0 unspecified atom stereocenters. The summed E-state index contributed by atoms with van der Waals surface area (Å²) in [5.74, 6) is 4.19. The van der Waals surface area contributed by atoms with Crippen LogP contribution in [0.2, 0.25) is 5.15 Å². The van der Waals surface area contributed by atoms with E-state index in [1.807, 2.05) is 5.48 Å². The molecule has 0 spiro atoms. The highest BCUT2D eigenvalue weighted by Crippen LogP contribution is 2.18. The molecule has 5 N–H and O–H groups in total. The van der Waals surface area contributed by atoms with Crippen molar-refractivity contribution in [2.24, 2.45) is 16.7 Å². The van der Waals surface area contributed by atoms with Gasteiger partial charge in [-0.1, -0.05) is 11.6 Å². The van der Waals surface area contributed by atoms with Gasteiger partial charge in [-0.3, -0.25) is 0 Å². The zero-order valence-electron chi connectivity index (χ0n) is 9.72. The minimum atomic E-state index is -0.818. The van der Waals surface area contributed by atoms with Gasteiger partial charge in [0, 0.05) is 14.1 Å². The van der Waals surface area contributed by atoms with Crippen LogP contribution in [0.4, 0.5) is 5.82 Å². The fraction of sp³-hybridized carbons (Fsp3) is 0.250. The predicted octanol–water partition coefficient (Wildman–Crippen LogP) is -0.954. The molecule has 18 heavy (non-hydrogen) atoms. The van der Waals surface area contributed by atoms with E-state index in [9.17, 15) is 4.79 Å². The van der Waals surface area contributed by atoms with Crippen LogP contribution in [0, 0.1) is 0 Å². The largest absolute Gasteiger partial charge is 0.382 e. The van der Waals surface area contributed by atoms with E-state index in [1.165, 1.54) is 6.20 Å². The first-order chi connectivity index (χ1) is 8.45. The first kappa shape index (κ1) is 13.8. The minimum Gasteiger partial charge on any atom is -0.366 e. The zero-order valence-corrected chi connectivity index (χ0v) is 10.5. The maximum atomic E-state index is 11.5. The van der Waals surface area contributed by atoms with Crippen molar-refractivity contribution < 1.29 is 9.63 Å². The molecule has 0 amide bonds. The second-order valence-corrected chi connectivity index (χ2v) is 3.63. The Kier molecular flexibility index (Phi) is 4.49. The second-order valence-electron chi connectivity index (χ2n) is 3.27. The number of halogens is 1. The third-order valence-electron chi connectivity index (χ3n) is 1.73. The molecule has 0 bridgehead atoms. The molecule has 0 aliphatic rings. The summed E-state index contributed by atoms with van der Waals surface area (Å²) >= 11 is 5.85. The summed E-state index contributed by atoms with van der Waals surface area (Å²) in [4.78, 5) is 25.5. The first-order valence-electron chi connectivity index (χ1n) is 4.66. The number of rotatable bonds is 2. The lowest BCUT2D eigenvalue weighted by atomic mass is 10.4. The predicted molar refractivity (Wildman–Crippen MR) is 65.7 cm³/mol. The number of guanidine groups is 1. The molecule has 0 aliphatic heterocycles. The number of hydrogen-bond donors (Lipinski definition) is 3. The molecule has 0 radical (unpaired) electrons. The maximum Gasteiger partial charge on any atom is 0.382 e. The number of nitrogens with zero attached hydrogens (tertiary/aromatic N) is 4. The van der Waals surface area contributed by atoms with E-state index in [0.29, 0.717) is 5.82 Å². The quantitative estimate of drug-likeness (QED) is 0.272. The maximum absolute atomic E-state index is 11.5. The summed E-state index contributed by atoms with van der Waals surface area (Å²) in [6.07, 6.45) is 1.22. The smallest absolute Gasteiger partial charge is 0.366 e. The van der Waals surface area contributed by atoms with Crippen molar-refractivity contribution in [1.82, 2.24) is 15.4 Å². The van der Waals surface area contributed by atoms with Gasteiger partial charge in [0.1, 0.15) is 0 Å². The Morgan fingerprint density at radius 2 is 2.28 bits per heavy atom. The van der Waals surface area contributed by atoms with Gasteiger partial charge in [-0.2, -0.15) is 5.48 Å². The molecule has 1 rings (SSSR count). The minimum absolute atomic E-state index is 0.0786. The molecule has 9 nitrogen and oxygen atoms in total. The lowest BCUT2D eigenvalue weighted by molar-refractivity contribution is 0.0376. The van der Waals surface area contributed by atoms with Crippen molar-refractivity contribution in [3.63, 3.8) is 0 Å². The highest BCUT2D eigenvalue weighted by Gasteiger charge is 2.14. The fourth-order valence-corrected chi connectivity index (χ4v) is 1.24. The van der Waals surface area contributed by atoms with Gasteiger partial charge in [-0.15, -0.1) is 5.10 Å². The molecule has 1 aromatic heterocycles. The van der Waals surface area contributed by atoms with Crippen molar-refractivity contribution in [3.8, 4) is 0 Å². The number of hydroxylamine groups is 1. The monoisotopic (exact) mass is 273 g/mol. The number of hydrogen-bond acceptors (Lipinski definition) is 7. The number of carbonyl (C=O) groups excluding carboxylic acids is 1. The molecule has 0 saturated heterocycles. The average Bonchev–Trinajstić information content (AvgIpc) is 2.34. The van der Waals surface area contributed by atoms with Gasteiger partial charge in [0.25, 0.3) is 0 Å². The van der Waals surface area contributed by atoms with Crippen molar-refractivity contribution in [2.45, 2.75) is 0 Å². The van der Waals surface area contributed by atoms with Crippen LogP contribution in [0.3, 0.4) is 0 Å². The van der Waals surface area contributed by atoms with Gasteiger partial charge >= 0.3 is 5.97 Å². The Bertz CT molecular complexity index is 477. The SMILES string of the molecule is CN(C)c1ncc(C(=O)ON/C(N)=N/N)nc1Cl. The summed E-state index contributed by atoms with van der Waals surface area (Å²) in [5, 5.41) is 3.12. The van der Waals surface area contributed by atoms with Gasteiger partial charge in [-0.05, 0) is 0 Å². The Labute approximate surface area is 108 Å². The average molecular weight is 274 g/mol. The van der Waals surface area contributed by atoms with E-state index in [1.54, 1.807) is 19.0 Å². The van der Waals surface area contributed by atoms with Crippen molar-refractivity contribution in [1.29, 1.82) is 0 Å². The Hall–Kier alpha value is -2.29. The van der Waals surface area contributed by atoms with Gasteiger partial charge < -0.3 is 21.3 Å². The van der Waals surface area contributed by atoms with Crippen LogP contribution >= 0.6 is 11.6 Å². The number of hydrazone groups is 1. The van der Waals surface area contributed by atoms with Crippen LogP contribution in [0.1, 0.15) is 10.5 Å². The van der Waals surface area contributed by atoms with E-state index in [4.69, 9.17) is 23.2 Å². The van der Waals surface area contributed by atoms with Crippen LogP contribution in [0.25, 0.3) is 0 Å². The zero-order chi connectivity index (χ0) is 13.7. The molecule has 1 heterocycles. The van der Waals surface area contributed by atoms with E-state index in [0.717, 1.165) is 0 Å². The third-order valence-corrected chi connectivity index (χ3v) is 1.99. The summed E-state index contributed by atoms with van der Waals surface area (Å²) in [7, 11) is 3.49. The van der Waals surface area contributed by atoms with Crippen molar-refractivity contribution >= 4 is 29.3 Å². The molecule has 1 aromatic rings. The number of nitrogens with two attached hydrogens (primary N) is 2. The standard InChI is InChI=1S/C8H12ClN7O2/c1-16(2)6-5(9)13-4(3-12-6)7(17)18-15-8(10)14-11/h3H,11H2,1-2H3,(H3,10,14,15). The second kappa shape index (κ2) is 5.87. The highest BCUT2D eigenvalue weighted by atomic mass is 35.5. The normalized spacial score (nSPS) is 10.9. The highest BCUT2D eigenvalue weighted by molar-refractivity contribution is 6.31. The molecular formula is C8H12ClN7O2. The first-order valence-corrected chi connectivity index (χ1v) is 5.04. The van der Waals surface area contributed by atoms with Gasteiger partial charge in [-0.25, -0.2) is 14.8 Å². The Balaban J connectivity index is 2.79. The number of anilines is 1. The fourth-order valence-electron chi connectivity index (χ4n) is 0.936. The van der Waals surface area contributed by atoms with E-state index in [-0.39, 0.29) is 16.8 Å². The van der Waals surface area contributed by atoms with Crippen LogP contribution in [0.5, 0.6) is 0 Å². The lowest BCUT2D eigenvalue weighted by Crippen LogP contribution is -2.34. The van der Waals surface area contributed by atoms with Crippen LogP contribution in [-0.2, 0) is 4.84 Å². The number of nitrogens with one attached hydrogen (secondary N) is 1. The molecule has 0 aromatic carbocycles. The summed E-state index contributed by atoms with van der Waals surface area (Å²) in [6.45, 7) is 0. The molecule has 98 valence electrons. The number of aromatic nitrogens is 2. The van der Waals surface area contributed by atoms with Gasteiger partial charge in [0.15, 0.2) is 16.7 Å². The van der Waals surface area contributed by atoms with E-state index in [2.05, 4.69) is 19.9 Å². The van der Waals surface area contributed by atoms with Crippen LogP contribution in [-0.4, -0.2) is 36.0 Å². The molecule has 0 atom stereocenters. The summed E-state index contributed by atoms with van der Waals surface area (Å²) in [5.41, 5.74) is 7.10. The van der Waals surface area contributed by atoms with Crippen LogP contribution < -0.4 is 22.0 Å². The molecular weight excluding hydrogens is 262 g/mol. The lowest BCUT2D eigenvalue weighted by Gasteiger charge is -2.12. The molecule has 10 heteroatoms.